The summed E-state index contributed by atoms with van der Waals surface area (Å²) in [6.45, 7) is 0. The van der Waals surface area contributed by atoms with Gasteiger partial charge in [0, 0.05) is 41.5 Å². The quantitative estimate of drug-likeness (QED) is 0.235. The zero-order chi connectivity index (χ0) is 31.0. The first kappa shape index (κ1) is 29.3. The molecule has 13 heteroatoms. The zero-order valence-corrected chi connectivity index (χ0v) is 23.5. The Hall–Kier alpha value is -4.81. The average Bonchev–Trinajstić information content (AvgIpc) is 3.39. The molecule has 0 unspecified atom stereocenters. The lowest BCUT2D eigenvalue weighted by molar-refractivity contribution is -0.137. The first-order chi connectivity index (χ1) is 21.1. The van der Waals surface area contributed by atoms with Gasteiger partial charge in [0.15, 0.2) is 0 Å². The molecule has 2 aliphatic rings. The molecule has 3 aromatic heterocycles. The van der Waals surface area contributed by atoms with Crippen molar-refractivity contribution >= 4 is 40.4 Å². The van der Waals surface area contributed by atoms with Crippen molar-refractivity contribution in [2.75, 3.05) is 11.1 Å². The molecule has 1 fully saturated rings. The van der Waals surface area contributed by atoms with E-state index >= 15 is 4.39 Å². The Morgan fingerprint density at radius 1 is 1.11 bits per heavy atom. The number of benzene rings is 1. The highest BCUT2D eigenvalue weighted by Crippen LogP contribution is 2.40. The van der Waals surface area contributed by atoms with Crippen LogP contribution in [-0.4, -0.2) is 37.6 Å². The molecular weight excluding hydrogens is 578 g/mol. The van der Waals surface area contributed by atoms with E-state index in [1.807, 2.05) is 16.8 Å². The van der Waals surface area contributed by atoms with Crippen LogP contribution in [0.4, 0.5) is 29.2 Å². The zero-order valence-electron chi connectivity index (χ0n) is 23.5. The molecule has 1 aliphatic carbocycles. The molecular formula is C31H29F4N7O2. The highest BCUT2D eigenvalue weighted by atomic mass is 19.4. The van der Waals surface area contributed by atoms with Crippen molar-refractivity contribution in [3.8, 4) is 11.3 Å². The molecule has 1 aliphatic heterocycles. The van der Waals surface area contributed by atoms with Crippen molar-refractivity contribution in [1.82, 2.24) is 25.1 Å². The van der Waals surface area contributed by atoms with Gasteiger partial charge in [-0.1, -0.05) is 12.2 Å². The third-order valence-electron chi connectivity index (χ3n) is 8.03. The average molecular weight is 608 g/mol. The van der Waals surface area contributed by atoms with Gasteiger partial charge < -0.3 is 16.4 Å². The van der Waals surface area contributed by atoms with Gasteiger partial charge in [0.2, 0.25) is 5.91 Å². The molecule has 44 heavy (non-hydrogen) atoms. The van der Waals surface area contributed by atoms with Crippen LogP contribution in [0.1, 0.15) is 72.5 Å². The van der Waals surface area contributed by atoms with Crippen LogP contribution in [0.2, 0.25) is 0 Å². The lowest BCUT2D eigenvalue weighted by Gasteiger charge is -2.30. The van der Waals surface area contributed by atoms with E-state index in [4.69, 9.17) is 10.8 Å². The summed E-state index contributed by atoms with van der Waals surface area (Å²) in [4.78, 5) is 33.5. The van der Waals surface area contributed by atoms with Crippen molar-refractivity contribution in [2.24, 2.45) is 0 Å². The summed E-state index contributed by atoms with van der Waals surface area (Å²) in [5.74, 6) is -1.74. The SMILES string of the molecule is Nc1ncc2c3c1c(-c1ccc(C(=O)Nc4cc(C(F)(F)F)ccn4)cc1F)nn3[C@@H]1CCC[C@H](C1)NC(=O)CCC/C=C/2. The third-order valence-corrected chi connectivity index (χ3v) is 8.03. The van der Waals surface area contributed by atoms with E-state index in [0.717, 1.165) is 43.2 Å². The number of allylic oxidation sites excluding steroid dienone is 1. The Bertz CT molecular complexity index is 1780. The highest BCUT2D eigenvalue weighted by Gasteiger charge is 2.32. The fraction of sp³-hybridized carbons (Fsp3) is 0.323. The van der Waals surface area contributed by atoms with Crippen molar-refractivity contribution < 1.29 is 27.2 Å². The van der Waals surface area contributed by atoms with Gasteiger partial charge in [0.1, 0.15) is 23.1 Å². The first-order valence-corrected chi connectivity index (χ1v) is 14.4. The van der Waals surface area contributed by atoms with Crippen molar-refractivity contribution in [1.29, 1.82) is 0 Å². The number of nitrogens with one attached hydrogen (secondary N) is 2. The summed E-state index contributed by atoms with van der Waals surface area (Å²) < 4.78 is 56.8. The maximum Gasteiger partial charge on any atom is 0.416 e. The van der Waals surface area contributed by atoms with Crippen LogP contribution < -0.4 is 16.4 Å². The van der Waals surface area contributed by atoms with Gasteiger partial charge in [0.05, 0.1) is 22.5 Å². The minimum atomic E-state index is -4.61. The molecule has 2 amide bonds. The number of pyridine rings is 2. The molecule has 0 spiro atoms. The number of nitrogen functional groups attached to an aromatic ring is 1. The molecule has 0 radical (unpaired) electrons. The molecule has 2 atom stereocenters. The smallest absolute Gasteiger partial charge is 0.383 e. The number of carbonyl (C=O) groups excluding carboxylic acids is 2. The molecule has 2 bridgehead atoms. The van der Waals surface area contributed by atoms with Gasteiger partial charge in [-0.3, -0.25) is 14.3 Å². The monoisotopic (exact) mass is 607 g/mol. The van der Waals surface area contributed by atoms with E-state index in [0.29, 0.717) is 42.7 Å². The Morgan fingerprint density at radius 3 is 2.75 bits per heavy atom. The number of halogens is 4. The lowest BCUT2D eigenvalue weighted by atomic mass is 9.90. The second-order valence-corrected chi connectivity index (χ2v) is 11.1. The predicted molar refractivity (Wildman–Crippen MR) is 157 cm³/mol. The molecule has 4 heterocycles. The molecule has 1 aromatic carbocycles. The van der Waals surface area contributed by atoms with Crippen LogP contribution in [0.5, 0.6) is 0 Å². The molecule has 4 N–H and O–H groups in total. The summed E-state index contributed by atoms with van der Waals surface area (Å²) in [5.41, 5.74) is 7.09. The number of hydrogen-bond acceptors (Lipinski definition) is 6. The Kier molecular flexibility index (Phi) is 7.78. The molecule has 228 valence electrons. The minimum absolute atomic E-state index is 0.0128. The Labute approximate surface area is 249 Å². The van der Waals surface area contributed by atoms with E-state index in [1.54, 1.807) is 6.20 Å². The van der Waals surface area contributed by atoms with Gasteiger partial charge in [-0.05, 0) is 68.9 Å². The number of anilines is 2. The summed E-state index contributed by atoms with van der Waals surface area (Å²) in [5, 5.41) is 10.8. The van der Waals surface area contributed by atoms with Gasteiger partial charge in [-0.15, -0.1) is 0 Å². The normalized spacial score (nSPS) is 19.8. The summed E-state index contributed by atoms with van der Waals surface area (Å²) in [6, 6.07) is 5.13. The van der Waals surface area contributed by atoms with Crippen molar-refractivity contribution in [3.05, 3.63) is 71.3 Å². The summed E-state index contributed by atoms with van der Waals surface area (Å²) in [7, 11) is 0. The maximum absolute atomic E-state index is 15.8. The summed E-state index contributed by atoms with van der Waals surface area (Å²) >= 11 is 0. The van der Waals surface area contributed by atoms with Gasteiger partial charge >= 0.3 is 6.18 Å². The number of amides is 2. The van der Waals surface area contributed by atoms with Gasteiger partial charge in [-0.25, -0.2) is 14.4 Å². The fourth-order valence-electron chi connectivity index (χ4n) is 5.91. The van der Waals surface area contributed by atoms with Crippen molar-refractivity contribution in [2.45, 2.75) is 63.2 Å². The molecule has 4 aromatic rings. The van der Waals surface area contributed by atoms with Crippen LogP contribution >= 0.6 is 0 Å². The maximum atomic E-state index is 15.8. The van der Waals surface area contributed by atoms with E-state index in [2.05, 4.69) is 20.6 Å². The lowest BCUT2D eigenvalue weighted by Crippen LogP contribution is -2.39. The molecule has 6 rings (SSSR count). The number of nitrogens with two attached hydrogens (primary N) is 1. The number of fused-ring (bicyclic) bond motifs is 3. The van der Waals surface area contributed by atoms with Crippen LogP contribution in [0, 0.1) is 5.82 Å². The highest BCUT2D eigenvalue weighted by molar-refractivity contribution is 6.06. The predicted octanol–water partition coefficient (Wildman–Crippen LogP) is 6.28. The van der Waals surface area contributed by atoms with E-state index in [9.17, 15) is 22.8 Å². The van der Waals surface area contributed by atoms with E-state index < -0.39 is 23.5 Å². The Morgan fingerprint density at radius 2 is 1.95 bits per heavy atom. The number of aromatic nitrogens is 4. The largest absolute Gasteiger partial charge is 0.416 e. The van der Waals surface area contributed by atoms with Crippen molar-refractivity contribution in [3.63, 3.8) is 0 Å². The van der Waals surface area contributed by atoms with Gasteiger partial charge in [0.25, 0.3) is 5.91 Å². The second kappa shape index (κ2) is 11.7. The van der Waals surface area contributed by atoms with Crippen LogP contribution in [-0.2, 0) is 11.0 Å². The number of rotatable bonds is 3. The van der Waals surface area contributed by atoms with E-state index in [-0.39, 0.29) is 46.4 Å². The second-order valence-electron chi connectivity index (χ2n) is 11.1. The standard InChI is InChI=1S/C31H29F4N7O2/c32-23-13-17(30(44)40-24-14-19(11-12-37-24)31(33,34)35)9-10-22(23)27-26-28-18(16-38-29(26)36)5-2-1-3-8-25(43)39-20-6-4-7-21(15-20)42(28)41-27/h2,5,9-14,16,20-21H,1,3-4,6-8,15H2,(H2,36,38)(H,39,43)(H,37,40,44)/b5-2+/t20-,21-/m1/s1. The number of alkyl halides is 3. The van der Waals surface area contributed by atoms with Crippen LogP contribution in [0.25, 0.3) is 28.2 Å². The topological polar surface area (TPSA) is 128 Å². The molecule has 9 nitrogen and oxygen atoms in total. The molecule has 0 saturated heterocycles. The first-order valence-electron chi connectivity index (χ1n) is 14.4. The Balaban J connectivity index is 1.39. The van der Waals surface area contributed by atoms with Gasteiger partial charge in [-0.2, -0.15) is 18.3 Å². The minimum Gasteiger partial charge on any atom is -0.383 e. The summed E-state index contributed by atoms with van der Waals surface area (Å²) in [6.07, 6.45) is 6.87. The number of nitrogens with zero attached hydrogens (tertiary/aromatic N) is 4. The van der Waals surface area contributed by atoms with E-state index in [1.165, 1.54) is 12.1 Å². The van der Waals surface area contributed by atoms with Crippen LogP contribution in [0.3, 0.4) is 0 Å². The number of carbonyl (C=O) groups is 2. The number of hydrogen-bond donors (Lipinski definition) is 3. The molecule has 1 saturated carbocycles. The fourth-order valence-corrected chi connectivity index (χ4v) is 5.91. The van der Waals surface area contributed by atoms with Crippen LogP contribution in [0.15, 0.2) is 48.8 Å². The third kappa shape index (κ3) is 5.86.